The lowest BCUT2D eigenvalue weighted by Gasteiger charge is -2.39. The number of rotatable bonds is 3. The van der Waals surface area contributed by atoms with Crippen LogP contribution in [0.15, 0.2) is 35.5 Å². The molecular weight excluding hydrogens is 274 g/mol. The summed E-state index contributed by atoms with van der Waals surface area (Å²) in [5, 5.41) is 7.26. The number of nitrogens with two attached hydrogens (primary N) is 2. The highest BCUT2D eigenvalue weighted by Crippen LogP contribution is 2.35. The lowest BCUT2D eigenvalue weighted by atomic mass is 10.2. The van der Waals surface area contributed by atoms with Gasteiger partial charge in [0.05, 0.1) is 10.6 Å². The molecule has 1 aromatic heterocycles. The van der Waals surface area contributed by atoms with Crippen molar-refractivity contribution in [3.63, 3.8) is 0 Å². The van der Waals surface area contributed by atoms with E-state index in [1.54, 1.807) is 18.3 Å². The number of aromatic nitrogens is 1. The van der Waals surface area contributed by atoms with E-state index in [-0.39, 0.29) is 17.2 Å². The van der Waals surface area contributed by atoms with Crippen molar-refractivity contribution < 1.29 is 8.76 Å². The molecule has 0 amide bonds. The Morgan fingerprint density at radius 2 is 2.06 bits per heavy atom. The Morgan fingerprint density at radius 3 is 2.72 bits per heavy atom. The second-order valence-electron chi connectivity index (χ2n) is 4.09. The maximum atomic E-state index is 12.5. The summed E-state index contributed by atoms with van der Waals surface area (Å²) in [6, 6.07) is 4.68. The van der Waals surface area contributed by atoms with E-state index in [1.165, 1.54) is 12.3 Å². The fourth-order valence-corrected chi connectivity index (χ4v) is 3.74. The quantitative estimate of drug-likeness (QED) is 0.793. The fourth-order valence-electron chi connectivity index (χ4n) is 1.85. The van der Waals surface area contributed by atoms with Gasteiger partial charge in [0.15, 0.2) is 0 Å². The summed E-state index contributed by atoms with van der Waals surface area (Å²) in [5.41, 5.74) is 5.36. The van der Waals surface area contributed by atoms with Gasteiger partial charge in [-0.15, -0.1) is 9.53 Å². The number of nitrogens with zero attached hydrogens (tertiary/aromatic N) is 1. The third kappa shape index (κ3) is 2.25. The number of pyridine rings is 1. The summed E-state index contributed by atoms with van der Waals surface area (Å²) < 4.78 is 22.7. The summed E-state index contributed by atoms with van der Waals surface area (Å²) >= 11 is 6.04. The third-order valence-electron chi connectivity index (χ3n) is 2.71. The second kappa shape index (κ2) is 4.25. The van der Waals surface area contributed by atoms with Gasteiger partial charge in [-0.1, -0.05) is 11.6 Å². The van der Waals surface area contributed by atoms with E-state index in [0.717, 1.165) is 0 Å². The van der Waals surface area contributed by atoms with Crippen molar-refractivity contribution in [3.05, 3.63) is 35.6 Å². The van der Waals surface area contributed by atoms with Crippen LogP contribution in [0.5, 0.6) is 0 Å². The van der Waals surface area contributed by atoms with Gasteiger partial charge in [-0.2, -0.15) is 4.21 Å². The maximum absolute atomic E-state index is 12.5. The van der Waals surface area contributed by atoms with E-state index in [2.05, 4.69) is 4.98 Å². The molecule has 0 saturated heterocycles. The molecule has 0 saturated carbocycles. The number of benzene rings is 1. The van der Waals surface area contributed by atoms with Crippen LogP contribution >= 0.6 is 11.6 Å². The van der Waals surface area contributed by atoms with Crippen LogP contribution in [-0.2, 0) is 9.53 Å². The van der Waals surface area contributed by atoms with Crippen molar-refractivity contribution in [2.45, 2.75) is 4.90 Å². The highest BCUT2D eigenvalue weighted by molar-refractivity contribution is 8.13. The van der Waals surface area contributed by atoms with Crippen LogP contribution in [-0.4, -0.2) is 26.0 Å². The van der Waals surface area contributed by atoms with Crippen molar-refractivity contribution in [2.24, 2.45) is 10.9 Å². The second-order valence-corrected chi connectivity index (χ2v) is 7.59. The van der Waals surface area contributed by atoms with E-state index in [9.17, 15) is 8.76 Å². The Balaban J connectivity index is 2.82. The molecule has 0 bridgehead atoms. The molecule has 0 aliphatic carbocycles. The van der Waals surface area contributed by atoms with Crippen LogP contribution in [0, 0.1) is 0 Å². The summed E-state index contributed by atoms with van der Waals surface area (Å²) in [7, 11) is -4.45. The molecule has 0 radical (unpaired) electrons. The SMILES string of the molecule is NCCS(N)(=O)(O)c1ccc(Cl)c2ccncc12. The predicted octanol–water partition coefficient (Wildman–Crippen LogP) is 1.37. The molecular formula is C11H14ClN3O2S. The first-order valence-electron chi connectivity index (χ1n) is 5.26. The molecule has 1 aromatic carbocycles. The first-order chi connectivity index (χ1) is 8.33. The zero-order chi connectivity index (χ0) is 13.4. The smallest absolute Gasteiger partial charge is 0.0783 e. The van der Waals surface area contributed by atoms with Crippen LogP contribution in [0.25, 0.3) is 10.8 Å². The van der Waals surface area contributed by atoms with Gasteiger partial charge in [-0.25, -0.2) is 5.14 Å². The van der Waals surface area contributed by atoms with Crippen LogP contribution in [0.2, 0.25) is 5.02 Å². The normalized spacial score (nSPS) is 14.3. The summed E-state index contributed by atoms with van der Waals surface area (Å²) in [4.78, 5) is 4.07. The standard InChI is InChI=1S/C11H14ClN3O2S/c12-10-1-2-11(18(14,16,17)6-4-13)9-7-15-5-3-8(9)10/h1-3,5,7H,4,6,13H2,(H3,14,16,17). The van der Waals surface area contributed by atoms with E-state index in [1.807, 2.05) is 0 Å². The lowest BCUT2D eigenvalue weighted by molar-refractivity contribution is 0.513. The lowest BCUT2D eigenvalue weighted by Crippen LogP contribution is -2.47. The molecule has 0 spiro atoms. The molecule has 98 valence electrons. The average molecular weight is 288 g/mol. The zero-order valence-corrected chi connectivity index (χ0v) is 11.1. The third-order valence-corrected chi connectivity index (χ3v) is 5.36. The molecule has 5 N–H and O–H groups in total. The van der Waals surface area contributed by atoms with Gasteiger partial charge in [0.25, 0.3) is 0 Å². The number of hydrogen-bond donors (Lipinski definition) is 3. The van der Waals surface area contributed by atoms with Gasteiger partial charge >= 0.3 is 0 Å². The van der Waals surface area contributed by atoms with E-state index < -0.39 is 9.53 Å². The van der Waals surface area contributed by atoms with E-state index in [0.29, 0.717) is 15.8 Å². The molecule has 18 heavy (non-hydrogen) atoms. The molecule has 7 heteroatoms. The first kappa shape index (κ1) is 13.4. The predicted molar refractivity (Wildman–Crippen MR) is 73.9 cm³/mol. The number of halogens is 1. The van der Waals surface area contributed by atoms with Crippen LogP contribution in [0.3, 0.4) is 0 Å². The minimum atomic E-state index is -4.45. The Hall–Kier alpha value is -1.05. The monoisotopic (exact) mass is 287 g/mol. The minimum absolute atomic E-state index is 0.0166. The van der Waals surface area contributed by atoms with Crippen LogP contribution in [0.1, 0.15) is 0 Å². The number of fused-ring (bicyclic) bond motifs is 1. The zero-order valence-electron chi connectivity index (χ0n) is 9.54. The topological polar surface area (TPSA) is 102 Å². The van der Waals surface area contributed by atoms with Crippen LogP contribution in [0.4, 0.5) is 0 Å². The average Bonchev–Trinajstić information content (AvgIpc) is 2.28. The van der Waals surface area contributed by atoms with E-state index in [4.69, 9.17) is 22.5 Å². The van der Waals surface area contributed by atoms with Gasteiger partial charge in [0.2, 0.25) is 0 Å². The van der Waals surface area contributed by atoms with Gasteiger partial charge in [-0.3, -0.25) is 9.54 Å². The Labute approximate surface area is 109 Å². The molecule has 0 unspecified atom stereocenters. The Morgan fingerprint density at radius 1 is 1.33 bits per heavy atom. The molecule has 0 aliphatic heterocycles. The van der Waals surface area contributed by atoms with Crippen molar-refractivity contribution in [1.29, 1.82) is 0 Å². The van der Waals surface area contributed by atoms with Crippen molar-refractivity contribution >= 4 is 31.9 Å². The highest BCUT2D eigenvalue weighted by Gasteiger charge is 2.26. The minimum Gasteiger partial charge on any atom is -0.329 e. The molecule has 0 fully saturated rings. The van der Waals surface area contributed by atoms with Crippen molar-refractivity contribution in [2.75, 3.05) is 12.3 Å². The van der Waals surface area contributed by atoms with Gasteiger partial charge in [0.1, 0.15) is 0 Å². The van der Waals surface area contributed by atoms with Crippen LogP contribution < -0.4 is 10.9 Å². The molecule has 0 aliphatic rings. The van der Waals surface area contributed by atoms with Gasteiger partial charge in [0, 0.05) is 34.7 Å². The molecule has 0 atom stereocenters. The maximum Gasteiger partial charge on any atom is 0.0783 e. The van der Waals surface area contributed by atoms with E-state index >= 15 is 0 Å². The molecule has 2 aromatic rings. The summed E-state index contributed by atoms with van der Waals surface area (Å²) in [5.74, 6) is -0.206. The molecule has 5 nitrogen and oxygen atoms in total. The summed E-state index contributed by atoms with van der Waals surface area (Å²) in [6.07, 6.45) is 3.04. The first-order valence-corrected chi connectivity index (χ1v) is 7.80. The number of hydrogen-bond acceptors (Lipinski definition) is 3. The highest BCUT2D eigenvalue weighted by atomic mass is 35.5. The fraction of sp³-hybridized carbons (Fsp3) is 0.182. The van der Waals surface area contributed by atoms with Gasteiger partial charge in [-0.05, 0) is 18.2 Å². The largest absolute Gasteiger partial charge is 0.329 e. The Kier molecular flexibility index (Phi) is 3.16. The molecule has 2 rings (SSSR count). The summed E-state index contributed by atoms with van der Waals surface area (Å²) in [6.45, 7) is 0.0166. The molecule has 1 heterocycles. The van der Waals surface area contributed by atoms with Gasteiger partial charge < -0.3 is 5.73 Å². The van der Waals surface area contributed by atoms with Crippen molar-refractivity contribution in [3.8, 4) is 0 Å². The Bertz CT molecular complexity index is 668. The van der Waals surface area contributed by atoms with Crippen molar-refractivity contribution in [1.82, 2.24) is 4.98 Å².